The number of anilines is 2. The van der Waals surface area contributed by atoms with Crippen molar-refractivity contribution in [2.45, 2.75) is 12.8 Å². The van der Waals surface area contributed by atoms with Crippen molar-refractivity contribution in [1.82, 2.24) is 9.78 Å². The number of ether oxygens (including phenoxy) is 1. The lowest BCUT2D eigenvalue weighted by Crippen LogP contribution is -2.19. The predicted octanol–water partition coefficient (Wildman–Crippen LogP) is 3.87. The lowest BCUT2D eigenvalue weighted by molar-refractivity contribution is 0.101. The second-order valence-electron chi connectivity index (χ2n) is 6.67. The van der Waals surface area contributed by atoms with Crippen LogP contribution in [0.3, 0.4) is 0 Å². The highest BCUT2D eigenvalue weighted by Gasteiger charge is 2.20. The second kappa shape index (κ2) is 7.72. The minimum absolute atomic E-state index is 0.137. The van der Waals surface area contributed by atoms with Crippen molar-refractivity contribution < 1.29 is 13.9 Å². The Bertz CT molecular complexity index is 981. The molecule has 3 aromatic rings. The number of benzene rings is 2. The fourth-order valence-corrected chi connectivity index (χ4v) is 3.37. The maximum absolute atomic E-state index is 14.1. The van der Waals surface area contributed by atoms with E-state index in [9.17, 15) is 9.18 Å². The number of nitrogens with one attached hydrogen (secondary N) is 1. The molecular formula is C21H21FN4O2. The van der Waals surface area contributed by atoms with Crippen LogP contribution in [0.1, 0.15) is 23.3 Å². The van der Waals surface area contributed by atoms with E-state index in [0.29, 0.717) is 11.4 Å². The molecule has 2 heterocycles. The van der Waals surface area contributed by atoms with Gasteiger partial charge in [0.1, 0.15) is 5.82 Å². The zero-order valence-corrected chi connectivity index (χ0v) is 15.6. The van der Waals surface area contributed by atoms with Crippen LogP contribution in [-0.2, 0) is 0 Å². The third-order valence-electron chi connectivity index (χ3n) is 4.75. The Labute approximate surface area is 162 Å². The van der Waals surface area contributed by atoms with Crippen LogP contribution in [0.2, 0.25) is 0 Å². The Hall–Kier alpha value is -3.35. The normalized spacial score (nSPS) is 13.6. The fraction of sp³-hybridized carbons (Fsp3) is 0.238. The Balaban J connectivity index is 1.59. The van der Waals surface area contributed by atoms with Crippen molar-refractivity contribution in [3.63, 3.8) is 0 Å². The van der Waals surface area contributed by atoms with E-state index in [1.54, 1.807) is 16.9 Å². The van der Waals surface area contributed by atoms with Gasteiger partial charge < -0.3 is 15.0 Å². The minimum Gasteiger partial charge on any atom is -0.493 e. The van der Waals surface area contributed by atoms with Crippen LogP contribution in [0.25, 0.3) is 5.69 Å². The summed E-state index contributed by atoms with van der Waals surface area (Å²) in [6.07, 6.45) is 3.82. The maximum Gasteiger partial charge on any atom is 0.280 e. The number of nitrogens with zero attached hydrogens (tertiary/aromatic N) is 3. The molecular weight excluding hydrogens is 359 g/mol. The molecule has 1 aliphatic rings. The largest absolute Gasteiger partial charge is 0.493 e. The zero-order chi connectivity index (χ0) is 19.5. The van der Waals surface area contributed by atoms with Gasteiger partial charge in [-0.15, -0.1) is 0 Å². The average Bonchev–Trinajstić information content (AvgIpc) is 3.38. The number of hydrogen-bond acceptors (Lipinski definition) is 4. The van der Waals surface area contributed by atoms with Gasteiger partial charge in [0.2, 0.25) is 0 Å². The van der Waals surface area contributed by atoms with E-state index in [1.165, 1.54) is 19.2 Å². The van der Waals surface area contributed by atoms with E-state index in [0.717, 1.165) is 37.3 Å². The smallest absolute Gasteiger partial charge is 0.280 e. The quantitative estimate of drug-likeness (QED) is 0.730. The van der Waals surface area contributed by atoms with Crippen molar-refractivity contribution in [3.05, 3.63) is 66.2 Å². The number of para-hydroxylation sites is 1. The van der Waals surface area contributed by atoms with Crippen molar-refractivity contribution in [2.24, 2.45) is 0 Å². The first kappa shape index (κ1) is 18.0. The van der Waals surface area contributed by atoms with Crippen LogP contribution in [0.15, 0.2) is 54.7 Å². The summed E-state index contributed by atoms with van der Waals surface area (Å²) in [7, 11) is 1.48. The summed E-state index contributed by atoms with van der Waals surface area (Å²) in [6, 6.07) is 14.0. The van der Waals surface area contributed by atoms with Crippen LogP contribution in [0.5, 0.6) is 5.75 Å². The van der Waals surface area contributed by atoms with Gasteiger partial charge in [0.05, 0.1) is 19.0 Å². The van der Waals surface area contributed by atoms with Crippen LogP contribution in [-0.4, -0.2) is 35.9 Å². The van der Waals surface area contributed by atoms with Gasteiger partial charge in [0.15, 0.2) is 11.4 Å². The molecule has 2 aromatic carbocycles. The average molecular weight is 380 g/mol. The highest BCUT2D eigenvalue weighted by Crippen LogP contribution is 2.26. The molecule has 0 aliphatic carbocycles. The van der Waals surface area contributed by atoms with Gasteiger partial charge in [-0.05, 0) is 43.2 Å². The Kier molecular flexibility index (Phi) is 4.97. The Morgan fingerprint density at radius 3 is 2.57 bits per heavy atom. The number of halogens is 1. The topological polar surface area (TPSA) is 59.4 Å². The monoisotopic (exact) mass is 380 g/mol. The van der Waals surface area contributed by atoms with E-state index < -0.39 is 5.91 Å². The van der Waals surface area contributed by atoms with Gasteiger partial charge in [-0.3, -0.25) is 4.79 Å². The molecule has 4 rings (SSSR count). The molecule has 1 saturated heterocycles. The van der Waals surface area contributed by atoms with Crippen LogP contribution in [0, 0.1) is 5.82 Å². The van der Waals surface area contributed by atoms with Gasteiger partial charge in [-0.2, -0.15) is 5.10 Å². The summed E-state index contributed by atoms with van der Waals surface area (Å²) in [5.74, 6) is -0.497. The molecule has 144 valence electrons. The zero-order valence-electron chi connectivity index (χ0n) is 15.6. The molecule has 1 aliphatic heterocycles. The first-order chi connectivity index (χ1) is 13.6. The molecule has 0 unspecified atom stereocenters. The fourth-order valence-electron chi connectivity index (χ4n) is 3.37. The van der Waals surface area contributed by atoms with Crippen LogP contribution < -0.4 is 15.0 Å². The number of hydrogen-bond donors (Lipinski definition) is 1. The summed E-state index contributed by atoms with van der Waals surface area (Å²) in [6.45, 7) is 1.79. The predicted molar refractivity (Wildman–Crippen MR) is 106 cm³/mol. The standard InChI is InChI=1S/C21H21FN4O2/c1-28-19-14-26(17-7-3-2-4-8-17)24-20(19)21(27)23-16-11-15(22)12-18(13-16)25-9-5-6-10-25/h2-4,7-8,11-14H,5-6,9-10H2,1H3,(H,23,27). The summed E-state index contributed by atoms with van der Waals surface area (Å²) in [4.78, 5) is 14.9. The first-order valence-electron chi connectivity index (χ1n) is 9.20. The molecule has 1 N–H and O–H groups in total. The van der Waals surface area contributed by atoms with E-state index in [1.807, 2.05) is 30.3 Å². The SMILES string of the molecule is COc1cn(-c2ccccc2)nc1C(=O)Nc1cc(F)cc(N2CCCC2)c1. The van der Waals surface area contributed by atoms with E-state index in [-0.39, 0.29) is 11.5 Å². The minimum atomic E-state index is -0.454. The molecule has 1 fully saturated rings. The molecule has 28 heavy (non-hydrogen) atoms. The van der Waals surface area contributed by atoms with Crippen LogP contribution in [0.4, 0.5) is 15.8 Å². The molecule has 0 spiro atoms. The lowest BCUT2D eigenvalue weighted by atomic mass is 10.2. The van der Waals surface area contributed by atoms with Gasteiger partial charge >= 0.3 is 0 Å². The van der Waals surface area contributed by atoms with Gasteiger partial charge in [0.25, 0.3) is 5.91 Å². The summed E-state index contributed by atoms with van der Waals surface area (Å²) in [5, 5.41) is 7.09. The molecule has 0 saturated carbocycles. The van der Waals surface area contributed by atoms with Gasteiger partial charge in [-0.25, -0.2) is 9.07 Å². The number of aromatic nitrogens is 2. The van der Waals surface area contributed by atoms with E-state index >= 15 is 0 Å². The highest BCUT2D eigenvalue weighted by atomic mass is 19.1. The number of rotatable bonds is 5. The van der Waals surface area contributed by atoms with Crippen LogP contribution >= 0.6 is 0 Å². The molecule has 0 radical (unpaired) electrons. The molecule has 7 heteroatoms. The van der Waals surface area contributed by atoms with Gasteiger partial charge in [0, 0.05) is 24.5 Å². The molecule has 0 atom stereocenters. The Morgan fingerprint density at radius 2 is 1.86 bits per heavy atom. The summed E-state index contributed by atoms with van der Waals surface area (Å²) < 4.78 is 21.0. The number of carbonyl (C=O) groups is 1. The number of methoxy groups -OCH3 is 1. The number of carbonyl (C=O) groups excluding carboxylic acids is 1. The van der Waals surface area contributed by atoms with E-state index in [4.69, 9.17) is 4.74 Å². The first-order valence-corrected chi connectivity index (χ1v) is 9.20. The maximum atomic E-state index is 14.1. The lowest BCUT2D eigenvalue weighted by Gasteiger charge is -2.18. The highest BCUT2D eigenvalue weighted by molar-refractivity contribution is 6.05. The summed E-state index contributed by atoms with van der Waals surface area (Å²) in [5.41, 5.74) is 2.11. The van der Waals surface area contributed by atoms with Crippen molar-refractivity contribution in [2.75, 3.05) is 30.4 Å². The number of amides is 1. The van der Waals surface area contributed by atoms with Crippen molar-refractivity contribution in [1.29, 1.82) is 0 Å². The molecule has 6 nitrogen and oxygen atoms in total. The van der Waals surface area contributed by atoms with Crippen molar-refractivity contribution in [3.8, 4) is 11.4 Å². The third-order valence-corrected chi connectivity index (χ3v) is 4.75. The van der Waals surface area contributed by atoms with Crippen molar-refractivity contribution >= 4 is 17.3 Å². The molecule has 1 amide bonds. The Morgan fingerprint density at radius 1 is 1.11 bits per heavy atom. The summed E-state index contributed by atoms with van der Waals surface area (Å²) >= 11 is 0. The third kappa shape index (κ3) is 3.69. The molecule has 0 bridgehead atoms. The molecule has 1 aromatic heterocycles. The van der Waals surface area contributed by atoms with Gasteiger partial charge in [-0.1, -0.05) is 18.2 Å². The second-order valence-corrected chi connectivity index (χ2v) is 6.67. The van der Waals surface area contributed by atoms with E-state index in [2.05, 4.69) is 15.3 Å².